The third-order valence-corrected chi connectivity index (χ3v) is 3.48. The van der Waals surface area contributed by atoms with E-state index in [4.69, 9.17) is 9.52 Å². The van der Waals surface area contributed by atoms with E-state index in [0.717, 1.165) is 0 Å². The monoisotopic (exact) mass is 279 g/mol. The third kappa shape index (κ3) is 2.46. The number of hydrogen-bond donors (Lipinski definition) is 2. The van der Waals surface area contributed by atoms with Crippen molar-refractivity contribution in [3.63, 3.8) is 0 Å². The molecule has 6 heteroatoms. The van der Waals surface area contributed by atoms with Crippen LogP contribution >= 0.6 is 0 Å². The molecule has 0 aliphatic heterocycles. The number of benzene rings is 1. The van der Waals surface area contributed by atoms with E-state index in [9.17, 15) is 14.7 Å². The lowest BCUT2D eigenvalue weighted by Gasteiger charge is -2.22. The molecule has 2 rings (SSSR count). The fourth-order valence-electron chi connectivity index (χ4n) is 2.05. The molecular weight excluding hydrogens is 262 g/mol. The molecule has 0 aliphatic carbocycles. The van der Waals surface area contributed by atoms with Gasteiger partial charge in [-0.15, -0.1) is 0 Å². The van der Waals surface area contributed by atoms with Gasteiger partial charge in [0, 0.05) is 7.05 Å². The average Bonchev–Trinajstić information content (AvgIpc) is 2.64. The van der Waals surface area contributed by atoms with Gasteiger partial charge in [0.05, 0.1) is 17.0 Å². The van der Waals surface area contributed by atoms with Crippen molar-refractivity contribution < 1.29 is 19.4 Å². The predicted octanol–water partition coefficient (Wildman–Crippen LogP) is 1.67. The number of fused-ring (bicyclic) bond motifs is 1. The molecule has 1 atom stereocenters. The van der Waals surface area contributed by atoms with Gasteiger partial charge in [0.25, 0.3) is 0 Å². The number of nitrogens with zero attached hydrogens (tertiary/aromatic N) is 1. The van der Waals surface area contributed by atoms with E-state index in [1.54, 1.807) is 39.1 Å². The van der Waals surface area contributed by atoms with Crippen LogP contribution in [0.3, 0.4) is 0 Å². The molecule has 2 aromatic rings. The lowest BCUT2D eigenvalue weighted by atomic mass is 9.85. The predicted molar refractivity (Wildman–Crippen MR) is 72.4 cm³/mol. The van der Waals surface area contributed by atoms with Gasteiger partial charge in [0.2, 0.25) is 0 Å². The van der Waals surface area contributed by atoms with Crippen LogP contribution in [0.15, 0.2) is 27.4 Å². The normalized spacial score (nSPS) is 13.6. The number of carbonyl (C=O) groups is 1. The minimum atomic E-state index is -1.04. The molecule has 108 valence electrons. The largest absolute Gasteiger partial charge is 0.481 e. The summed E-state index contributed by atoms with van der Waals surface area (Å²) in [6, 6.07) is 4.91. The molecule has 20 heavy (non-hydrogen) atoms. The Morgan fingerprint density at radius 1 is 1.45 bits per heavy atom. The molecule has 0 aliphatic rings. The SMILES string of the molecule is Cn1c(=O)oc2cc(C(O)CC(C)(C)C(=O)O)ccc21. The lowest BCUT2D eigenvalue weighted by molar-refractivity contribution is -0.148. The zero-order chi connectivity index (χ0) is 15.1. The van der Waals surface area contributed by atoms with E-state index in [0.29, 0.717) is 16.7 Å². The van der Waals surface area contributed by atoms with Crippen molar-refractivity contribution in [1.82, 2.24) is 4.57 Å². The van der Waals surface area contributed by atoms with Crippen molar-refractivity contribution in [1.29, 1.82) is 0 Å². The Balaban J connectivity index is 2.34. The fourth-order valence-corrected chi connectivity index (χ4v) is 2.05. The lowest BCUT2D eigenvalue weighted by Crippen LogP contribution is -2.26. The number of oxazole rings is 1. The molecule has 2 N–H and O–H groups in total. The maximum absolute atomic E-state index is 11.4. The van der Waals surface area contributed by atoms with Crippen LogP contribution in [0.1, 0.15) is 31.9 Å². The van der Waals surface area contributed by atoms with Crippen LogP contribution < -0.4 is 5.76 Å². The third-order valence-electron chi connectivity index (χ3n) is 3.48. The number of hydrogen-bond acceptors (Lipinski definition) is 4. The van der Waals surface area contributed by atoms with Gasteiger partial charge in [-0.25, -0.2) is 4.79 Å². The zero-order valence-electron chi connectivity index (χ0n) is 11.6. The van der Waals surface area contributed by atoms with E-state index in [2.05, 4.69) is 0 Å². The number of aliphatic hydroxyl groups excluding tert-OH is 1. The topological polar surface area (TPSA) is 92.7 Å². The highest BCUT2D eigenvalue weighted by molar-refractivity contribution is 5.75. The summed E-state index contributed by atoms with van der Waals surface area (Å²) in [5, 5.41) is 19.2. The van der Waals surface area contributed by atoms with Crippen molar-refractivity contribution in [2.24, 2.45) is 12.5 Å². The van der Waals surface area contributed by atoms with Crippen molar-refractivity contribution >= 4 is 17.1 Å². The molecule has 1 heterocycles. The smallest absolute Gasteiger partial charge is 0.419 e. The molecular formula is C14H17NO5. The molecule has 0 saturated heterocycles. The Hall–Kier alpha value is -2.08. The van der Waals surface area contributed by atoms with Crippen LogP contribution in [0, 0.1) is 5.41 Å². The maximum atomic E-state index is 11.4. The standard InChI is InChI=1S/C14H17NO5/c1-14(2,12(17)18)7-10(16)8-4-5-9-11(6-8)20-13(19)15(9)3/h4-6,10,16H,7H2,1-3H3,(H,17,18). The van der Waals surface area contributed by atoms with Gasteiger partial charge in [0.15, 0.2) is 5.58 Å². The maximum Gasteiger partial charge on any atom is 0.419 e. The Morgan fingerprint density at radius 3 is 2.70 bits per heavy atom. The summed E-state index contributed by atoms with van der Waals surface area (Å²) in [4.78, 5) is 22.5. The van der Waals surface area contributed by atoms with Crippen molar-refractivity contribution in [2.45, 2.75) is 26.4 Å². The number of rotatable bonds is 4. The fraction of sp³-hybridized carbons (Fsp3) is 0.429. The second kappa shape index (κ2) is 4.79. The Bertz CT molecular complexity index is 710. The van der Waals surface area contributed by atoms with Gasteiger partial charge in [-0.2, -0.15) is 0 Å². The Morgan fingerprint density at radius 2 is 2.10 bits per heavy atom. The van der Waals surface area contributed by atoms with Gasteiger partial charge in [-0.1, -0.05) is 6.07 Å². The highest BCUT2D eigenvalue weighted by Gasteiger charge is 2.30. The number of aryl methyl sites for hydroxylation is 1. The second-order valence-corrected chi connectivity index (χ2v) is 5.56. The number of carboxylic acid groups (broad SMARTS) is 1. The van der Waals surface area contributed by atoms with Crippen LogP contribution in [0.5, 0.6) is 0 Å². The molecule has 1 aromatic carbocycles. The van der Waals surface area contributed by atoms with Gasteiger partial charge in [0.1, 0.15) is 0 Å². The van der Waals surface area contributed by atoms with Crippen LogP contribution in [-0.2, 0) is 11.8 Å². The minimum Gasteiger partial charge on any atom is -0.481 e. The van der Waals surface area contributed by atoms with Crippen molar-refractivity contribution in [2.75, 3.05) is 0 Å². The molecule has 1 aromatic heterocycles. The Kier molecular flexibility index (Phi) is 3.43. The molecule has 0 amide bonds. The molecule has 0 saturated carbocycles. The average molecular weight is 279 g/mol. The number of carboxylic acids is 1. The first-order valence-electron chi connectivity index (χ1n) is 6.23. The number of aliphatic carboxylic acids is 1. The molecule has 0 spiro atoms. The van der Waals surface area contributed by atoms with E-state index >= 15 is 0 Å². The first kappa shape index (κ1) is 14.3. The Labute approximate surface area is 115 Å². The first-order chi connectivity index (χ1) is 9.22. The van der Waals surface area contributed by atoms with Crippen LogP contribution in [0.2, 0.25) is 0 Å². The van der Waals surface area contributed by atoms with Crippen LogP contribution in [-0.4, -0.2) is 20.7 Å². The summed E-state index contributed by atoms with van der Waals surface area (Å²) in [5.74, 6) is -1.44. The van der Waals surface area contributed by atoms with E-state index in [-0.39, 0.29) is 6.42 Å². The van der Waals surface area contributed by atoms with Crippen molar-refractivity contribution in [3.8, 4) is 0 Å². The van der Waals surface area contributed by atoms with E-state index in [1.807, 2.05) is 0 Å². The van der Waals surface area contributed by atoms with Gasteiger partial charge >= 0.3 is 11.7 Å². The summed E-state index contributed by atoms with van der Waals surface area (Å²) in [5.41, 5.74) is 0.498. The van der Waals surface area contributed by atoms with Gasteiger partial charge < -0.3 is 14.6 Å². The van der Waals surface area contributed by atoms with Gasteiger partial charge in [-0.05, 0) is 38.0 Å². The highest BCUT2D eigenvalue weighted by Crippen LogP contribution is 2.31. The second-order valence-electron chi connectivity index (χ2n) is 5.56. The van der Waals surface area contributed by atoms with Crippen LogP contribution in [0.25, 0.3) is 11.1 Å². The number of aliphatic hydroxyl groups is 1. The summed E-state index contributed by atoms with van der Waals surface area (Å²) in [7, 11) is 1.60. The van der Waals surface area contributed by atoms with Gasteiger partial charge in [-0.3, -0.25) is 9.36 Å². The molecule has 0 fully saturated rings. The molecule has 0 bridgehead atoms. The summed E-state index contributed by atoms with van der Waals surface area (Å²) >= 11 is 0. The summed E-state index contributed by atoms with van der Waals surface area (Å²) in [6.45, 7) is 3.11. The van der Waals surface area contributed by atoms with Crippen molar-refractivity contribution in [3.05, 3.63) is 34.3 Å². The van der Waals surface area contributed by atoms with E-state index < -0.39 is 23.2 Å². The minimum absolute atomic E-state index is 0.0743. The highest BCUT2D eigenvalue weighted by atomic mass is 16.4. The zero-order valence-corrected chi connectivity index (χ0v) is 11.6. The summed E-state index contributed by atoms with van der Waals surface area (Å²) in [6.07, 6.45) is -0.860. The van der Waals surface area contributed by atoms with Crippen LogP contribution in [0.4, 0.5) is 0 Å². The van der Waals surface area contributed by atoms with E-state index in [1.165, 1.54) is 4.57 Å². The summed E-state index contributed by atoms with van der Waals surface area (Å²) < 4.78 is 6.41. The molecule has 6 nitrogen and oxygen atoms in total. The molecule has 1 unspecified atom stereocenters. The number of aromatic nitrogens is 1. The first-order valence-corrected chi connectivity index (χ1v) is 6.23. The molecule has 0 radical (unpaired) electrons. The quantitative estimate of drug-likeness (QED) is 0.888.